The van der Waals surface area contributed by atoms with Crippen LogP contribution in [0.3, 0.4) is 0 Å². The van der Waals surface area contributed by atoms with Crippen LogP contribution in [-0.2, 0) is 0 Å². The Morgan fingerprint density at radius 3 is 2.50 bits per heavy atom. The number of amidine groups is 1. The molecule has 0 amide bonds. The van der Waals surface area contributed by atoms with E-state index in [4.69, 9.17) is 12.8 Å². The predicted molar refractivity (Wildman–Crippen MR) is 82.7 cm³/mol. The molecular formula is C14H25BN2S. The molecule has 2 radical (unpaired) electrons. The quantitative estimate of drug-likeness (QED) is 0.710. The third-order valence-corrected chi connectivity index (χ3v) is 5.30. The molecular weight excluding hydrogens is 239 g/mol. The standard InChI is InChI=1S/C14H25BN2S/c1-9(2)16-14-17(10(3)4)12-8-6-5-7-11(15)13(12)18-14/h9-13H,5-8H2,1-4H3. The number of aliphatic imine (C=N–C) groups is 1. The van der Waals surface area contributed by atoms with Gasteiger partial charge in [0.05, 0.1) is 7.85 Å². The van der Waals surface area contributed by atoms with Crippen molar-refractivity contribution in [2.45, 2.75) is 82.6 Å². The van der Waals surface area contributed by atoms with E-state index >= 15 is 0 Å². The summed E-state index contributed by atoms with van der Waals surface area (Å²) in [5, 5.41) is 1.78. The Balaban J connectivity index is 2.26. The largest absolute Gasteiger partial charge is 0.345 e. The molecule has 0 aromatic heterocycles. The molecule has 0 bridgehead atoms. The smallest absolute Gasteiger partial charge is 0.160 e. The second-order valence-corrected chi connectivity index (χ2v) is 7.25. The fourth-order valence-corrected chi connectivity index (χ4v) is 4.78. The van der Waals surface area contributed by atoms with E-state index < -0.39 is 0 Å². The van der Waals surface area contributed by atoms with Gasteiger partial charge < -0.3 is 4.90 Å². The monoisotopic (exact) mass is 264 g/mol. The van der Waals surface area contributed by atoms with Crippen LogP contribution in [0.4, 0.5) is 0 Å². The molecule has 1 aliphatic carbocycles. The van der Waals surface area contributed by atoms with E-state index in [2.05, 4.69) is 32.6 Å². The van der Waals surface area contributed by atoms with Crippen molar-refractivity contribution in [3.63, 3.8) is 0 Å². The van der Waals surface area contributed by atoms with Crippen molar-refractivity contribution in [2.75, 3.05) is 0 Å². The molecule has 3 unspecified atom stereocenters. The zero-order valence-electron chi connectivity index (χ0n) is 12.1. The Labute approximate surface area is 117 Å². The minimum atomic E-state index is 0.337. The normalized spacial score (nSPS) is 35.3. The van der Waals surface area contributed by atoms with Crippen molar-refractivity contribution in [2.24, 2.45) is 4.99 Å². The highest BCUT2D eigenvalue weighted by molar-refractivity contribution is 8.14. The summed E-state index contributed by atoms with van der Waals surface area (Å²) in [7, 11) is 6.37. The van der Waals surface area contributed by atoms with Crippen LogP contribution in [0.1, 0.15) is 53.4 Å². The molecule has 1 heterocycles. The number of nitrogens with zero attached hydrogens (tertiary/aromatic N) is 2. The highest BCUT2D eigenvalue weighted by Crippen LogP contribution is 2.44. The van der Waals surface area contributed by atoms with Crippen LogP contribution in [-0.4, -0.2) is 41.3 Å². The third-order valence-electron chi connectivity index (χ3n) is 3.83. The fraction of sp³-hybridized carbons (Fsp3) is 0.929. The van der Waals surface area contributed by atoms with Crippen molar-refractivity contribution in [3.8, 4) is 0 Å². The Morgan fingerprint density at radius 1 is 1.22 bits per heavy atom. The van der Waals surface area contributed by atoms with Crippen LogP contribution >= 0.6 is 11.8 Å². The minimum absolute atomic E-state index is 0.337. The summed E-state index contributed by atoms with van der Waals surface area (Å²) in [4.78, 5) is 7.35. The summed E-state index contributed by atoms with van der Waals surface area (Å²) in [6.07, 6.45) is 5.06. The summed E-state index contributed by atoms with van der Waals surface area (Å²) < 4.78 is 0. The van der Waals surface area contributed by atoms with Crippen molar-refractivity contribution >= 4 is 24.8 Å². The second-order valence-electron chi connectivity index (χ2n) is 6.10. The first-order valence-corrected chi connectivity index (χ1v) is 8.17. The molecule has 2 rings (SSSR count). The maximum atomic E-state index is 6.37. The molecule has 1 aliphatic heterocycles. The Kier molecular flexibility index (Phi) is 4.68. The number of hydrogen-bond donors (Lipinski definition) is 0. The van der Waals surface area contributed by atoms with Gasteiger partial charge in [0.15, 0.2) is 5.17 Å². The van der Waals surface area contributed by atoms with Crippen LogP contribution in [0.15, 0.2) is 4.99 Å². The molecule has 2 aliphatic rings. The van der Waals surface area contributed by atoms with E-state index in [1.54, 1.807) is 0 Å². The first kappa shape index (κ1) is 14.3. The van der Waals surface area contributed by atoms with Crippen molar-refractivity contribution in [3.05, 3.63) is 0 Å². The van der Waals surface area contributed by atoms with Crippen molar-refractivity contribution in [1.29, 1.82) is 0 Å². The number of hydrogen-bond acceptors (Lipinski definition) is 2. The van der Waals surface area contributed by atoms with Gasteiger partial charge in [-0.3, -0.25) is 4.99 Å². The minimum Gasteiger partial charge on any atom is -0.345 e. The molecule has 0 aromatic rings. The predicted octanol–water partition coefficient (Wildman–Crippen LogP) is 3.48. The topological polar surface area (TPSA) is 15.6 Å². The zero-order valence-corrected chi connectivity index (χ0v) is 12.9. The lowest BCUT2D eigenvalue weighted by atomic mass is 9.79. The molecule has 18 heavy (non-hydrogen) atoms. The van der Waals surface area contributed by atoms with Gasteiger partial charge in [-0.2, -0.15) is 0 Å². The SMILES string of the molecule is [B]C1CCCCC2C1SC(=NC(C)C)N2C(C)C. The summed E-state index contributed by atoms with van der Waals surface area (Å²) in [6, 6.07) is 1.49. The number of fused-ring (bicyclic) bond motifs is 1. The lowest BCUT2D eigenvalue weighted by molar-refractivity contribution is 0.258. The summed E-state index contributed by atoms with van der Waals surface area (Å²) >= 11 is 1.93. The molecule has 0 aromatic carbocycles. The molecule has 3 atom stereocenters. The highest BCUT2D eigenvalue weighted by Gasteiger charge is 2.43. The van der Waals surface area contributed by atoms with Crippen LogP contribution in [0, 0.1) is 0 Å². The van der Waals surface area contributed by atoms with Gasteiger partial charge in [-0.05, 0) is 34.1 Å². The van der Waals surface area contributed by atoms with Crippen molar-refractivity contribution < 1.29 is 0 Å². The van der Waals surface area contributed by atoms with Crippen molar-refractivity contribution in [1.82, 2.24) is 4.90 Å². The Bertz CT molecular complexity index is 317. The second kappa shape index (κ2) is 5.89. The van der Waals surface area contributed by atoms with E-state index in [0.717, 1.165) is 0 Å². The molecule has 2 fully saturated rings. The molecule has 0 spiro atoms. The average molecular weight is 264 g/mol. The van der Waals surface area contributed by atoms with E-state index in [0.29, 0.717) is 29.2 Å². The lowest BCUT2D eigenvalue weighted by Crippen LogP contribution is -2.42. The van der Waals surface area contributed by atoms with Gasteiger partial charge in [-0.1, -0.05) is 36.8 Å². The molecule has 2 nitrogen and oxygen atoms in total. The van der Waals surface area contributed by atoms with Gasteiger partial charge in [-0.25, -0.2) is 0 Å². The first-order chi connectivity index (χ1) is 8.50. The van der Waals surface area contributed by atoms with E-state index in [9.17, 15) is 0 Å². The Hall–Kier alpha value is -0.115. The summed E-state index contributed by atoms with van der Waals surface area (Å²) in [5.74, 6) is 0.337. The van der Waals surface area contributed by atoms with Gasteiger partial charge in [0.25, 0.3) is 0 Å². The van der Waals surface area contributed by atoms with Crippen LogP contribution < -0.4 is 0 Å². The van der Waals surface area contributed by atoms with Crippen LogP contribution in [0.5, 0.6) is 0 Å². The van der Waals surface area contributed by atoms with E-state index in [-0.39, 0.29) is 0 Å². The fourth-order valence-electron chi connectivity index (χ4n) is 3.06. The molecule has 4 heteroatoms. The average Bonchev–Trinajstić information content (AvgIpc) is 2.52. The molecule has 1 saturated carbocycles. The van der Waals surface area contributed by atoms with Gasteiger partial charge in [0, 0.05) is 23.4 Å². The van der Waals surface area contributed by atoms with Crippen LogP contribution in [0.25, 0.3) is 0 Å². The van der Waals surface area contributed by atoms with Crippen LogP contribution in [0.2, 0.25) is 5.82 Å². The van der Waals surface area contributed by atoms with Gasteiger partial charge in [0.1, 0.15) is 0 Å². The zero-order chi connectivity index (χ0) is 13.3. The van der Waals surface area contributed by atoms with E-state index in [1.165, 1.54) is 30.9 Å². The Morgan fingerprint density at radius 2 is 1.89 bits per heavy atom. The molecule has 1 saturated heterocycles. The van der Waals surface area contributed by atoms with Gasteiger partial charge in [-0.15, -0.1) is 0 Å². The maximum Gasteiger partial charge on any atom is 0.160 e. The third kappa shape index (κ3) is 2.89. The molecule has 0 N–H and O–H groups in total. The maximum absolute atomic E-state index is 6.37. The summed E-state index contributed by atoms with van der Waals surface area (Å²) in [5.41, 5.74) is 0. The first-order valence-electron chi connectivity index (χ1n) is 7.29. The number of thioether (sulfide) groups is 1. The molecule has 100 valence electrons. The summed E-state index contributed by atoms with van der Waals surface area (Å²) in [6.45, 7) is 8.85. The number of rotatable bonds is 2. The van der Waals surface area contributed by atoms with Gasteiger partial charge in [0.2, 0.25) is 0 Å². The highest BCUT2D eigenvalue weighted by atomic mass is 32.2. The van der Waals surface area contributed by atoms with Gasteiger partial charge >= 0.3 is 0 Å². The van der Waals surface area contributed by atoms with E-state index in [1.807, 2.05) is 11.8 Å². The lowest BCUT2D eigenvalue weighted by Gasteiger charge is -2.32.